The van der Waals surface area contributed by atoms with Crippen LogP contribution in [0.25, 0.3) is 106 Å². The number of thiophene rings is 2. The molecule has 0 radical (unpaired) electrons. The molecule has 0 saturated carbocycles. The molecule has 0 N–H and O–H groups in total. The summed E-state index contributed by atoms with van der Waals surface area (Å²) >= 11 is 3.10. The summed E-state index contributed by atoms with van der Waals surface area (Å²) in [7, 11) is 0. The van der Waals surface area contributed by atoms with Crippen molar-refractivity contribution in [2.45, 2.75) is 12.4 Å². The van der Waals surface area contributed by atoms with Gasteiger partial charge < -0.3 is 9.13 Å². The first-order valence-electron chi connectivity index (χ1n) is 19.5. The summed E-state index contributed by atoms with van der Waals surface area (Å²) in [4.78, 5) is 0. The Morgan fingerprint density at radius 3 is 1.27 bits per heavy atom. The van der Waals surface area contributed by atoms with E-state index in [1.807, 2.05) is 109 Å². The second-order valence-electron chi connectivity index (χ2n) is 15.3. The standard InChI is InChI=1S/C51H25F6N3S2/c52-50(53,54)34-14-9-15-35(51(55,56)57)46(34)47-38(59-36-16-5-1-10-28(36)30-20-22-42-44(48(30)59)32-12-3-7-18-40(32)61-42)24-27(26-58)25-39(47)60-37-17-6-2-11-29(37)31-21-23-43-45(49(31)60)33-13-4-8-19-41(33)62-43/h1-25H. The molecule has 11 heteroatoms. The number of hydrogen-bond acceptors (Lipinski definition) is 3. The van der Waals surface area contributed by atoms with Crippen LogP contribution in [0, 0.1) is 11.3 Å². The molecule has 0 amide bonds. The van der Waals surface area contributed by atoms with Gasteiger partial charge in [-0.3, -0.25) is 0 Å². The summed E-state index contributed by atoms with van der Waals surface area (Å²) in [6.45, 7) is 0. The van der Waals surface area contributed by atoms with Gasteiger partial charge in [-0.05, 0) is 60.7 Å². The fourth-order valence-corrected chi connectivity index (χ4v) is 11.8. The van der Waals surface area contributed by atoms with Gasteiger partial charge >= 0.3 is 12.4 Å². The summed E-state index contributed by atoms with van der Waals surface area (Å²) in [6, 6.07) is 45.6. The number of nitriles is 1. The van der Waals surface area contributed by atoms with Crippen LogP contribution in [0.3, 0.4) is 0 Å². The van der Waals surface area contributed by atoms with Crippen LogP contribution in [0.2, 0.25) is 0 Å². The number of para-hydroxylation sites is 2. The van der Waals surface area contributed by atoms with E-state index in [-0.39, 0.29) is 22.5 Å². The number of alkyl halides is 6. The molecule has 0 bridgehead atoms. The van der Waals surface area contributed by atoms with Gasteiger partial charge in [0.2, 0.25) is 0 Å². The summed E-state index contributed by atoms with van der Waals surface area (Å²) in [5, 5.41) is 17.3. The van der Waals surface area contributed by atoms with E-state index in [0.29, 0.717) is 34.2 Å². The van der Waals surface area contributed by atoms with Crippen LogP contribution >= 0.6 is 22.7 Å². The molecule has 12 rings (SSSR count). The smallest absolute Gasteiger partial charge is 0.308 e. The average molecular weight is 858 g/mol. The van der Waals surface area contributed by atoms with Crippen molar-refractivity contribution in [2.75, 3.05) is 0 Å². The Hall–Kier alpha value is -7.13. The molecule has 4 aromatic heterocycles. The lowest BCUT2D eigenvalue weighted by Crippen LogP contribution is -2.16. The van der Waals surface area contributed by atoms with Crippen molar-refractivity contribution in [3.8, 4) is 28.6 Å². The lowest BCUT2D eigenvalue weighted by molar-refractivity contribution is -0.142. The molecule has 0 unspecified atom stereocenters. The molecule has 0 aliphatic carbocycles. The lowest BCUT2D eigenvalue weighted by atomic mass is 9.89. The van der Waals surface area contributed by atoms with Gasteiger partial charge in [-0.1, -0.05) is 91.0 Å². The molecule has 0 aliphatic rings. The maximum atomic E-state index is 15.7. The van der Waals surface area contributed by atoms with Crippen molar-refractivity contribution < 1.29 is 26.3 Å². The predicted molar refractivity (Wildman–Crippen MR) is 241 cm³/mol. The largest absolute Gasteiger partial charge is 0.417 e. The van der Waals surface area contributed by atoms with Crippen LogP contribution in [0.5, 0.6) is 0 Å². The van der Waals surface area contributed by atoms with E-state index in [1.54, 1.807) is 43.9 Å². The molecule has 8 aromatic carbocycles. The first kappa shape index (κ1) is 36.7. The average Bonchev–Trinajstić information content (AvgIpc) is 4.02. The third-order valence-corrected chi connectivity index (χ3v) is 14.3. The van der Waals surface area contributed by atoms with Crippen molar-refractivity contribution in [2.24, 2.45) is 0 Å². The van der Waals surface area contributed by atoms with Gasteiger partial charge in [0.1, 0.15) is 0 Å². The molecule has 0 spiro atoms. The van der Waals surface area contributed by atoms with Crippen LogP contribution in [-0.4, -0.2) is 9.13 Å². The van der Waals surface area contributed by atoms with Gasteiger partial charge in [-0.2, -0.15) is 31.6 Å². The van der Waals surface area contributed by atoms with Crippen molar-refractivity contribution in [3.63, 3.8) is 0 Å². The van der Waals surface area contributed by atoms with E-state index in [4.69, 9.17) is 0 Å². The zero-order valence-corrected chi connectivity index (χ0v) is 33.5. The van der Waals surface area contributed by atoms with Crippen LogP contribution < -0.4 is 0 Å². The second kappa shape index (κ2) is 12.9. The topological polar surface area (TPSA) is 33.6 Å². The number of halogens is 6. The fraction of sp³-hybridized carbons (Fsp3) is 0.0392. The molecular formula is C51H25F6N3S2. The highest BCUT2D eigenvalue weighted by Crippen LogP contribution is 2.52. The number of hydrogen-bond donors (Lipinski definition) is 0. The Morgan fingerprint density at radius 2 is 0.839 bits per heavy atom. The molecular weight excluding hydrogens is 833 g/mol. The highest BCUT2D eigenvalue weighted by molar-refractivity contribution is 7.26. The summed E-state index contributed by atoms with van der Waals surface area (Å²) in [6.07, 6.45) is -10.4. The van der Waals surface area contributed by atoms with Gasteiger partial charge in [-0.15, -0.1) is 22.7 Å². The maximum Gasteiger partial charge on any atom is 0.417 e. The van der Waals surface area contributed by atoms with E-state index >= 15 is 26.3 Å². The number of nitrogens with zero attached hydrogens (tertiary/aromatic N) is 3. The molecule has 0 atom stereocenters. The van der Waals surface area contributed by atoms with Crippen molar-refractivity contribution in [3.05, 3.63) is 168 Å². The van der Waals surface area contributed by atoms with Gasteiger partial charge in [0, 0.05) is 73.0 Å². The van der Waals surface area contributed by atoms with Crippen LogP contribution in [-0.2, 0) is 12.4 Å². The summed E-state index contributed by atoms with van der Waals surface area (Å²) < 4.78 is 101. The minimum absolute atomic E-state index is 0.00325. The first-order valence-corrected chi connectivity index (χ1v) is 21.2. The fourth-order valence-electron chi connectivity index (χ4n) is 9.61. The SMILES string of the molecule is N#Cc1cc(-n2c3ccccc3c3ccc4sc5ccccc5c4c32)c(-c2c(C(F)(F)F)cccc2C(F)(F)F)c(-n2c3ccccc3c3ccc4sc5ccccc5c4c32)c1. The lowest BCUT2D eigenvalue weighted by Gasteiger charge is -2.25. The molecule has 0 saturated heterocycles. The highest BCUT2D eigenvalue weighted by atomic mass is 32.1. The first-order chi connectivity index (χ1) is 30.0. The Kier molecular flexibility index (Phi) is 7.66. The number of aromatic nitrogens is 2. The van der Waals surface area contributed by atoms with Gasteiger partial charge in [0.05, 0.1) is 56.2 Å². The van der Waals surface area contributed by atoms with E-state index in [2.05, 4.69) is 6.07 Å². The Balaban J connectivity index is 1.39. The van der Waals surface area contributed by atoms with Crippen molar-refractivity contribution in [1.82, 2.24) is 9.13 Å². The maximum absolute atomic E-state index is 15.7. The molecule has 62 heavy (non-hydrogen) atoms. The number of fused-ring (bicyclic) bond motifs is 14. The number of rotatable bonds is 3. The molecule has 0 fully saturated rings. The van der Waals surface area contributed by atoms with Crippen molar-refractivity contribution >= 4 is 107 Å². The van der Waals surface area contributed by atoms with E-state index in [1.165, 1.54) is 12.1 Å². The van der Waals surface area contributed by atoms with Crippen molar-refractivity contribution in [1.29, 1.82) is 5.26 Å². The van der Waals surface area contributed by atoms with E-state index in [9.17, 15) is 5.26 Å². The Bertz CT molecular complexity index is 3690. The zero-order chi connectivity index (χ0) is 42.2. The highest BCUT2D eigenvalue weighted by Gasteiger charge is 2.43. The minimum Gasteiger partial charge on any atom is -0.308 e. The number of benzene rings is 8. The normalized spacial score (nSPS) is 12.7. The summed E-state index contributed by atoms with van der Waals surface area (Å²) in [5.41, 5.74) is -1.85. The Morgan fingerprint density at radius 1 is 0.419 bits per heavy atom. The monoisotopic (exact) mass is 857 g/mol. The third-order valence-electron chi connectivity index (χ3n) is 12.0. The van der Waals surface area contributed by atoms with Gasteiger partial charge in [0.25, 0.3) is 0 Å². The van der Waals surface area contributed by atoms with Crippen LogP contribution in [0.1, 0.15) is 16.7 Å². The third kappa shape index (κ3) is 5.11. The van der Waals surface area contributed by atoms with Crippen LogP contribution in [0.15, 0.2) is 152 Å². The molecule has 298 valence electrons. The van der Waals surface area contributed by atoms with E-state index < -0.39 is 29.0 Å². The second-order valence-corrected chi connectivity index (χ2v) is 17.5. The minimum atomic E-state index is -5.21. The molecule has 4 heterocycles. The predicted octanol–water partition coefficient (Wildman–Crippen LogP) is 16.2. The molecule has 0 aliphatic heterocycles. The zero-order valence-electron chi connectivity index (χ0n) is 31.9. The summed E-state index contributed by atoms with van der Waals surface area (Å²) in [5.74, 6) is 0. The Labute approximate surface area is 355 Å². The van der Waals surface area contributed by atoms with Crippen LogP contribution in [0.4, 0.5) is 26.3 Å². The quantitative estimate of drug-likeness (QED) is 0.163. The van der Waals surface area contributed by atoms with E-state index in [0.717, 1.165) is 68.0 Å². The van der Waals surface area contributed by atoms with Gasteiger partial charge in [0.15, 0.2) is 0 Å². The van der Waals surface area contributed by atoms with Gasteiger partial charge in [-0.25, -0.2) is 0 Å². The molecule has 12 aromatic rings. The molecule has 3 nitrogen and oxygen atoms in total.